The summed E-state index contributed by atoms with van der Waals surface area (Å²) in [6.07, 6.45) is 3.92. The van der Waals surface area contributed by atoms with E-state index in [4.69, 9.17) is 4.74 Å². The van der Waals surface area contributed by atoms with Crippen LogP contribution in [0.3, 0.4) is 0 Å². The van der Waals surface area contributed by atoms with E-state index < -0.39 is 0 Å². The summed E-state index contributed by atoms with van der Waals surface area (Å²) in [6, 6.07) is 19.1. The second-order valence-corrected chi connectivity index (χ2v) is 9.62. The predicted molar refractivity (Wildman–Crippen MR) is 129 cm³/mol. The fraction of sp³-hybridized carbons (Fsp3) is 0.296. The molecule has 1 aliphatic heterocycles. The van der Waals surface area contributed by atoms with Crippen molar-refractivity contribution in [2.24, 2.45) is 10.3 Å². The maximum atomic E-state index is 5.70. The first-order valence-electron chi connectivity index (χ1n) is 10.9. The van der Waals surface area contributed by atoms with Crippen molar-refractivity contribution in [3.63, 3.8) is 0 Å². The van der Waals surface area contributed by atoms with Gasteiger partial charge in [0.05, 0.1) is 14.2 Å². The van der Waals surface area contributed by atoms with E-state index in [-0.39, 0.29) is 5.41 Å². The summed E-state index contributed by atoms with van der Waals surface area (Å²) in [5.41, 5.74) is 7.66. The molecule has 5 nitrogen and oxygen atoms in total. The van der Waals surface area contributed by atoms with Gasteiger partial charge in [0.1, 0.15) is 12.3 Å². The second kappa shape index (κ2) is 8.32. The SMILES string of the molecule is COc1cc(C2=C[N+](C)(Cc3ccc(C(C)(C)C)cc3)N=N2)ccc1-c1ccnc(C)c1. The predicted octanol–water partition coefficient (Wildman–Crippen LogP) is 6.69. The van der Waals surface area contributed by atoms with Crippen LogP contribution in [0.2, 0.25) is 0 Å². The van der Waals surface area contributed by atoms with Gasteiger partial charge in [0, 0.05) is 33.8 Å². The third kappa shape index (κ3) is 4.63. The first kappa shape index (κ1) is 21.9. The number of methoxy groups -OCH3 is 1. The van der Waals surface area contributed by atoms with Gasteiger partial charge in [-0.1, -0.05) is 56.2 Å². The molecule has 0 N–H and O–H groups in total. The molecule has 0 saturated heterocycles. The first-order chi connectivity index (χ1) is 15.2. The number of aromatic nitrogens is 1. The number of benzene rings is 2. The van der Waals surface area contributed by atoms with E-state index in [2.05, 4.69) is 91.8 Å². The lowest BCUT2D eigenvalue weighted by atomic mass is 9.87. The van der Waals surface area contributed by atoms with Gasteiger partial charge in [-0.05, 0) is 47.7 Å². The summed E-state index contributed by atoms with van der Waals surface area (Å²) in [5.74, 6) is 0.808. The largest absolute Gasteiger partial charge is 0.496 e. The van der Waals surface area contributed by atoms with Gasteiger partial charge in [0.15, 0.2) is 11.9 Å². The molecule has 2 aromatic carbocycles. The molecule has 5 heteroatoms. The molecule has 0 bridgehead atoms. The highest BCUT2D eigenvalue weighted by atomic mass is 16.5. The lowest BCUT2D eigenvalue weighted by Gasteiger charge is -2.21. The summed E-state index contributed by atoms with van der Waals surface area (Å²) in [5, 5.41) is 9.06. The molecular weight excluding hydrogens is 396 g/mol. The van der Waals surface area contributed by atoms with Crippen molar-refractivity contribution in [1.82, 2.24) is 4.98 Å². The molecule has 0 aliphatic carbocycles. The van der Waals surface area contributed by atoms with Crippen LogP contribution in [0, 0.1) is 6.92 Å². The van der Waals surface area contributed by atoms with E-state index >= 15 is 0 Å². The lowest BCUT2D eigenvalue weighted by Crippen LogP contribution is -2.29. The summed E-state index contributed by atoms with van der Waals surface area (Å²) in [7, 11) is 3.77. The van der Waals surface area contributed by atoms with E-state index in [9.17, 15) is 0 Å². The number of quaternary nitrogens is 1. The van der Waals surface area contributed by atoms with Gasteiger partial charge in [0.25, 0.3) is 0 Å². The molecule has 164 valence electrons. The minimum absolute atomic E-state index is 0.150. The zero-order valence-corrected chi connectivity index (χ0v) is 19.8. The van der Waals surface area contributed by atoms with Crippen LogP contribution < -0.4 is 4.74 Å². The van der Waals surface area contributed by atoms with E-state index in [1.54, 1.807) is 7.11 Å². The standard InChI is InChI=1S/C27H31N4O/c1-19-15-21(13-14-28-19)24-12-9-22(16-26(24)32-6)25-18-31(5,30-29-25)17-20-7-10-23(11-8-20)27(2,3)4/h7-16,18H,17H2,1-6H3/q+1. The van der Waals surface area contributed by atoms with E-state index in [1.807, 2.05) is 25.3 Å². The maximum absolute atomic E-state index is 5.70. The normalized spacial score (nSPS) is 18.0. The highest BCUT2D eigenvalue weighted by molar-refractivity contribution is 5.75. The molecule has 1 unspecified atom stereocenters. The van der Waals surface area contributed by atoms with Crippen LogP contribution in [0.25, 0.3) is 16.8 Å². The Morgan fingerprint density at radius 2 is 1.69 bits per heavy atom. The van der Waals surface area contributed by atoms with Crippen molar-refractivity contribution in [2.45, 2.75) is 39.7 Å². The molecular formula is C27H31N4O+. The Kier molecular flexibility index (Phi) is 5.70. The lowest BCUT2D eigenvalue weighted by molar-refractivity contribution is -0.880. The van der Waals surface area contributed by atoms with E-state index in [0.29, 0.717) is 4.59 Å². The summed E-state index contributed by atoms with van der Waals surface area (Å²) in [6.45, 7) is 9.44. The maximum Gasteiger partial charge on any atom is 0.154 e. The molecule has 32 heavy (non-hydrogen) atoms. The second-order valence-electron chi connectivity index (χ2n) is 9.62. The zero-order valence-electron chi connectivity index (χ0n) is 19.8. The highest BCUT2D eigenvalue weighted by Gasteiger charge is 2.28. The third-order valence-corrected chi connectivity index (χ3v) is 5.78. The Balaban J connectivity index is 1.58. The van der Waals surface area contributed by atoms with Crippen molar-refractivity contribution in [2.75, 3.05) is 14.2 Å². The summed E-state index contributed by atoms with van der Waals surface area (Å²) in [4.78, 5) is 4.29. The van der Waals surface area contributed by atoms with Gasteiger partial charge >= 0.3 is 0 Å². The fourth-order valence-electron chi connectivity index (χ4n) is 3.96. The Hall–Kier alpha value is -3.31. The molecule has 3 aromatic rings. The first-order valence-corrected chi connectivity index (χ1v) is 10.9. The van der Waals surface area contributed by atoms with Crippen LogP contribution in [0.1, 0.15) is 43.2 Å². The van der Waals surface area contributed by atoms with Crippen LogP contribution in [0.5, 0.6) is 5.75 Å². The number of nitrogens with zero attached hydrogens (tertiary/aromatic N) is 4. The van der Waals surface area contributed by atoms with Gasteiger partial charge in [-0.3, -0.25) is 4.98 Å². The average Bonchev–Trinajstić information content (AvgIpc) is 3.14. The monoisotopic (exact) mass is 427 g/mol. The molecule has 0 amide bonds. The number of aryl methyl sites for hydroxylation is 1. The molecule has 1 atom stereocenters. The highest BCUT2D eigenvalue weighted by Crippen LogP contribution is 2.36. The number of rotatable bonds is 5. The van der Waals surface area contributed by atoms with Gasteiger partial charge in [0.2, 0.25) is 0 Å². The van der Waals surface area contributed by atoms with Crippen LogP contribution in [0.4, 0.5) is 0 Å². The number of hydrogen-bond acceptors (Lipinski definition) is 4. The average molecular weight is 428 g/mol. The van der Waals surface area contributed by atoms with E-state index in [0.717, 1.165) is 40.4 Å². The summed E-state index contributed by atoms with van der Waals surface area (Å²) < 4.78 is 6.09. The smallest absolute Gasteiger partial charge is 0.154 e. The Labute approximate surface area is 190 Å². The Morgan fingerprint density at radius 3 is 2.34 bits per heavy atom. The van der Waals surface area contributed by atoms with Crippen LogP contribution in [-0.2, 0) is 12.0 Å². The molecule has 1 aromatic heterocycles. The topological polar surface area (TPSA) is 46.8 Å². The van der Waals surface area contributed by atoms with E-state index in [1.165, 1.54) is 11.1 Å². The fourth-order valence-corrected chi connectivity index (χ4v) is 3.96. The van der Waals surface area contributed by atoms with Gasteiger partial charge in [-0.25, -0.2) is 0 Å². The van der Waals surface area contributed by atoms with Crippen LogP contribution >= 0.6 is 0 Å². The minimum Gasteiger partial charge on any atom is -0.496 e. The number of hydrogen-bond donors (Lipinski definition) is 0. The Morgan fingerprint density at radius 1 is 0.938 bits per heavy atom. The molecule has 0 radical (unpaired) electrons. The molecule has 0 fully saturated rings. The van der Waals surface area contributed by atoms with Crippen LogP contribution in [0.15, 0.2) is 77.3 Å². The molecule has 1 aliphatic rings. The molecule has 2 heterocycles. The van der Waals surface area contributed by atoms with Gasteiger partial charge in [-0.2, -0.15) is 0 Å². The molecule has 4 rings (SSSR count). The van der Waals surface area contributed by atoms with Crippen molar-refractivity contribution >= 4 is 5.70 Å². The third-order valence-electron chi connectivity index (χ3n) is 5.78. The van der Waals surface area contributed by atoms with Gasteiger partial charge in [-0.15, -0.1) is 4.59 Å². The quantitative estimate of drug-likeness (QED) is 0.426. The summed E-state index contributed by atoms with van der Waals surface area (Å²) >= 11 is 0. The van der Waals surface area contributed by atoms with Crippen molar-refractivity contribution in [3.05, 3.63) is 89.4 Å². The van der Waals surface area contributed by atoms with Gasteiger partial charge < -0.3 is 4.74 Å². The van der Waals surface area contributed by atoms with Crippen molar-refractivity contribution in [1.29, 1.82) is 0 Å². The Bertz CT molecular complexity index is 1190. The van der Waals surface area contributed by atoms with Crippen LogP contribution in [-0.4, -0.2) is 23.7 Å². The van der Waals surface area contributed by atoms with Crippen molar-refractivity contribution < 1.29 is 9.33 Å². The number of pyridine rings is 1. The minimum atomic E-state index is 0.150. The number of ether oxygens (including phenoxy) is 1. The molecule has 0 saturated carbocycles. The molecule has 0 spiro atoms. The van der Waals surface area contributed by atoms with Crippen molar-refractivity contribution in [3.8, 4) is 16.9 Å². The zero-order chi connectivity index (χ0) is 22.9.